The maximum atomic E-state index is 13.8. The molecule has 12 nitrogen and oxygen atoms in total. The first-order chi connectivity index (χ1) is 25.6. The average Bonchev–Trinajstić information content (AvgIpc) is 3.55. The van der Waals surface area contributed by atoms with E-state index < -0.39 is 77.7 Å². The van der Waals surface area contributed by atoms with Crippen molar-refractivity contribution in [2.45, 2.75) is 115 Å². The molecule has 14 heteroatoms. The molecule has 56 heavy (non-hydrogen) atoms. The normalized spacial score (nSPS) is 48.4. The number of aliphatic hydroxyl groups excluding tert-OH is 2. The largest absolute Gasteiger partial charge is 1.00 e. The van der Waals surface area contributed by atoms with Gasteiger partial charge in [0.15, 0.2) is 23.1 Å². The van der Waals surface area contributed by atoms with Gasteiger partial charge in [-0.2, -0.15) is 0 Å². The molecule has 8 aliphatic rings. The van der Waals surface area contributed by atoms with Gasteiger partial charge in [-0.1, -0.05) is 51.0 Å². The number of hydrogen-bond acceptors (Lipinski definition) is 12. The van der Waals surface area contributed by atoms with Crippen molar-refractivity contribution in [2.24, 2.45) is 57.2 Å². The number of carbonyl (C=O) groups excluding carboxylic acids is 4. The van der Waals surface area contributed by atoms with Crippen LogP contribution in [0.5, 0.6) is 0 Å². The number of phosphoric ester groups is 1. The molecule has 0 radical (unpaired) electrons. The van der Waals surface area contributed by atoms with Gasteiger partial charge >= 0.3 is 29.6 Å². The van der Waals surface area contributed by atoms with Gasteiger partial charge in [0, 0.05) is 33.5 Å². The van der Waals surface area contributed by atoms with Gasteiger partial charge in [-0.25, -0.2) is 0 Å². The van der Waals surface area contributed by atoms with Crippen molar-refractivity contribution in [1.29, 1.82) is 0 Å². The van der Waals surface area contributed by atoms with Crippen molar-refractivity contribution in [1.82, 2.24) is 0 Å². The third-order valence-electron chi connectivity index (χ3n) is 16.9. The molecule has 8 rings (SSSR count). The second kappa shape index (κ2) is 14.1. The van der Waals surface area contributed by atoms with Crippen molar-refractivity contribution in [2.75, 3.05) is 13.2 Å². The minimum absolute atomic E-state index is 0. The van der Waals surface area contributed by atoms with E-state index in [-0.39, 0.29) is 102 Å². The second-order valence-corrected chi connectivity index (χ2v) is 20.5. The number of phosphoric acid groups is 1. The van der Waals surface area contributed by atoms with Crippen LogP contribution in [0.25, 0.3) is 0 Å². The Kier molecular flexibility index (Phi) is 10.7. The molecule has 0 heterocycles. The van der Waals surface area contributed by atoms with Crippen LogP contribution < -0.4 is 34.5 Å². The van der Waals surface area contributed by atoms with Crippen LogP contribution in [0.2, 0.25) is 0 Å². The Morgan fingerprint density at radius 2 is 1.11 bits per heavy atom. The van der Waals surface area contributed by atoms with E-state index >= 15 is 0 Å². The van der Waals surface area contributed by atoms with Crippen molar-refractivity contribution >= 4 is 31.0 Å². The van der Waals surface area contributed by atoms with Gasteiger partial charge in [0.1, 0.15) is 24.4 Å². The Morgan fingerprint density at radius 1 is 0.732 bits per heavy atom. The summed E-state index contributed by atoms with van der Waals surface area (Å²) in [6.07, 6.45) is 12.4. The zero-order valence-electron chi connectivity index (χ0n) is 33.1. The summed E-state index contributed by atoms with van der Waals surface area (Å²) in [5.74, 6) is -2.65. The molecule has 0 spiro atoms. The SMILES string of the molecule is CC12C=CC(=O)C=C1CCC1[C@H]2C(O)CC2(C)[C@@H]1CC[C@@]2(O)C(=O)COP(=O)([O-])OCC(=O)[C@@]1(O)CC[C@H]2C3CCC4=CC(=O)C=CC4(C)[C@H]3C(O)CC21C.[Na+]. The van der Waals surface area contributed by atoms with Gasteiger partial charge in [-0.3, -0.25) is 23.7 Å². The summed E-state index contributed by atoms with van der Waals surface area (Å²) >= 11 is 0. The molecule has 9 unspecified atom stereocenters. The quantitative estimate of drug-likeness (QED) is 0.197. The van der Waals surface area contributed by atoms with Crippen LogP contribution >= 0.6 is 7.82 Å². The zero-order chi connectivity index (χ0) is 39.7. The summed E-state index contributed by atoms with van der Waals surface area (Å²) in [5.41, 5.74) is -5.17. The molecule has 8 aliphatic carbocycles. The monoisotopic (exact) mass is 804 g/mol. The third kappa shape index (κ3) is 6.01. The first-order valence-corrected chi connectivity index (χ1v) is 21.5. The fourth-order valence-electron chi connectivity index (χ4n) is 14.1. The smallest absolute Gasteiger partial charge is 0.756 e. The van der Waals surface area contributed by atoms with Crippen molar-refractivity contribution in [3.8, 4) is 0 Å². The number of allylic oxidation sites excluding steroid dienone is 8. The van der Waals surface area contributed by atoms with E-state index in [2.05, 4.69) is 0 Å². The average molecular weight is 805 g/mol. The maximum Gasteiger partial charge on any atom is 1.00 e. The van der Waals surface area contributed by atoms with Crippen LogP contribution in [0.1, 0.15) is 91.9 Å². The summed E-state index contributed by atoms with van der Waals surface area (Å²) in [6, 6.07) is 0. The molecule has 0 bridgehead atoms. The Morgan fingerprint density at radius 3 is 1.48 bits per heavy atom. The van der Waals surface area contributed by atoms with Crippen LogP contribution in [-0.4, -0.2) is 80.2 Å². The molecule has 0 aromatic heterocycles. The molecule has 0 aliphatic heterocycles. The topological polar surface area (TPSA) is 208 Å². The number of carbonyl (C=O) groups is 4. The zero-order valence-corrected chi connectivity index (χ0v) is 36.0. The van der Waals surface area contributed by atoms with Gasteiger partial charge in [0.05, 0.1) is 12.2 Å². The van der Waals surface area contributed by atoms with E-state index in [4.69, 9.17) is 9.05 Å². The molecule has 4 N–H and O–H groups in total. The summed E-state index contributed by atoms with van der Waals surface area (Å²) in [7, 11) is -5.29. The minimum Gasteiger partial charge on any atom is -0.756 e. The molecular weight excluding hydrogens is 750 g/mol. The van der Waals surface area contributed by atoms with E-state index in [1.54, 1.807) is 38.2 Å². The van der Waals surface area contributed by atoms with E-state index in [1.165, 1.54) is 0 Å². The first kappa shape index (κ1) is 42.7. The Balaban J connectivity index is 0.00000480. The molecule has 300 valence electrons. The van der Waals surface area contributed by atoms with Crippen LogP contribution in [0, 0.1) is 57.2 Å². The Bertz CT molecular complexity index is 1780. The summed E-state index contributed by atoms with van der Waals surface area (Å²) in [6.45, 7) is 5.56. The molecule has 15 atom stereocenters. The van der Waals surface area contributed by atoms with Gasteiger partial charge < -0.3 is 34.4 Å². The number of hydrogen-bond donors (Lipinski definition) is 4. The van der Waals surface area contributed by atoms with Crippen LogP contribution in [0.15, 0.2) is 47.6 Å². The molecule has 0 saturated heterocycles. The minimum atomic E-state index is -5.29. The Hall–Kier alpha value is -1.41. The van der Waals surface area contributed by atoms with Crippen LogP contribution in [-0.2, 0) is 32.8 Å². The number of rotatable bonds is 8. The second-order valence-electron chi connectivity index (χ2n) is 19.1. The molecule has 6 fully saturated rings. The summed E-state index contributed by atoms with van der Waals surface area (Å²) < 4.78 is 23.0. The number of ketones is 4. The maximum absolute atomic E-state index is 13.8. The van der Waals surface area contributed by atoms with Crippen LogP contribution in [0.3, 0.4) is 0 Å². The number of aliphatic hydroxyl groups is 4. The van der Waals surface area contributed by atoms with Gasteiger partial charge in [-0.15, -0.1) is 0 Å². The molecule has 0 amide bonds. The van der Waals surface area contributed by atoms with Gasteiger partial charge in [0.25, 0.3) is 7.82 Å². The van der Waals surface area contributed by atoms with Gasteiger partial charge in [0.2, 0.25) is 0 Å². The predicted octanol–water partition coefficient (Wildman–Crippen LogP) is 0.650. The fourth-order valence-corrected chi connectivity index (χ4v) is 14.8. The molecule has 0 aromatic rings. The standard InChI is InChI=1S/C42H55O12P.Na/c1-37-13-9-25(43)17-23(37)5-7-27-29-11-15-41(49,39(29,3)19-31(45)35(27)37)33(47)21-53-55(51,52)54-22-34(48)42(50)16-12-30-28-8-6-24-18-26(44)10-14-38(24,2)36(28)32(46)20-40(30,42)4;/h9-10,13-14,17-18,27-32,35-36,45-46,49-50H,5-8,11-12,15-16,19-22H2,1-4H3,(H,51,52);/q;+1/p-1/t27?,28?,29-,30+,31?,32?,35+,36-,37?,38?,39?,40?,41-,42+;. The van der Waals surface area contributed by atoms with E-state index in [0.29, 0.717) is 38.5 Å². The van der Waals surface area contributed by atoms with E-state index in [9.17, 15) is 49.1 Å². The number of Topliss-reactive ketones (excluding diaryl/α,β-unsaturated/α-hetero) is 2. The summed E-state index contributed by atoms with van der Waals surface area (Å²) in [5, 5.41) is 47.3. The summed E-state index contributed by atoms with van der Waals surface area (Å²) in [4.78, 5) is 64.8. The molecular formula is C42H54NaO12P. The first-order valence-electron chi connectivity index (χ1n) is 20.0. The van der Waals surface area contributed by atoms with Crippen LogP contribution in [0.4, 0.5) is 0 Å². The molecule has 6 saturated carbocycles. The Labute approximate surface area is 350 Å². The number of fused-ring (bicyclic) bond motifs is 10. The van der Waals surface area contributed by atoms with Crippen molar-refractivity contribution in [3.05, 3.63) is 47.6 Å². The fraction of sp³-hybridized carbons (Fsp3) is 0.714. The van der Waals surface area contributed by atoms with Crippen molar-refractivity contribution < 1.29 is 87.7 Å². The predicted molar refractivity (Wildman–Crippen MR) is 195 cm³/mol. The van der Waals surface area contributed by atoms with E-state index in [1.807, 2.05) is 26.0 Å². The third-order valence-corrected chi connectivity index (χ3v) is 17.8. The van der Waals surface area contributed by atoms with Crippen molar-refractivity contribution in [3.63, 3.8) is 0 Å². The van der Waals surface area contributed by atoms with Gasteiger partial charge in [-0.05, 0) is 112 Å². The van der Waals surface area contributed by atoms with E-state index in [0.717, 1.165) is 11.1 Å². The molecule has 0 aromatic carbocycles.